The first-order chi connectivity index (χ1) is 7.97. The second kappa shape index (κ2) is 9.99. The molecule has 0 bridgehead atoms. The number of ether oxygens (including phenoxy) is 1. The van der Waals surface area contributed by atoms with E-state index in [-0.39, 0.29) is 70.6 Å². The van der Waals surface area contributed by atoms with Crippen molar-refractivity contribution >= 4 is 74.9 Å². The van der Waals surface area contributed by atoms with Crippen LogP contribution < -0.4 is 0 Å². The van der Waals surface area contributed by atoms with Crippen molar-refractivity contribution in [3.05, 3.63) is 41.5 Å². The third kappa shape index (κ3) is 6.94. The van der Waals surface area contributed by atoms with E-state index < -0.39 is 21.6 Å². The molecule has 0 atom stereocenters. The molecule has 96 valence electrons. The number of carbonyl (C=O) groups excluding carboxylic acids is 1. The summed E-state index contributed by atoms with van der Waals surface area (Å²) in [5, 5.41) is 9.74. The van der Waals surface area contributed by atoms with E-state index in [1.165, 1.54) is 12.1 Å². The van der Waals surface area contributed by atoms with Gasteiger partial charge in [0.05, 0.1) is 16.9 Å². The second-order valence-electron chi connectivity index (χ2n) is 3.08. The van der Waals surface area contributed by atoms with Crippen molar-refractivity contribution in [3.8, 4) is 0 Å². The van der Waals surface area contributed by atoms with Gasteiger partial charge in [-0.15, -0.1) is 0 Å². The molecule has 0 saturated heterocycles. The molecule has 1 N–H and O–H groups in total. The van der Waals surface area contributed by atoms with Crippen molar-refractivity contribution in [2.45, 2.75) is 11.8 Å². The Labute approximate surface area is 156 Å². The normalized spacial score (nSPS) is 10.9. The maximum atomic E-state index is 11.7. The molecule has 0 saturated carbocycles. The third-order valence-electron chi connectivity index (χ3n) is 1.82. The van der Waals surface area contributed by atoms with Crippen LogP contribution >= 0.6 is 0 Å². The Morgan fingerprint density at radius 1 is 1.26 bits per heavy atom. The summed E-state index contributed by atoms with van der Waals surface area (Å²) in [6.07, 6.45) is 0. The minimum absolute atomic E-state index is 0. The van der Waals surface area contributed by atoms with Gasteiger partial charge in [-0.1, -0.05) is 18.2 Å². The third-order valence-corrected chi connectivity index (χ3v) is 3.29. The number of rotatable bonds is 4. The van der Waals surface area contributed by atoms with Crippen LogP contribution in [0.5, 0.6) is 0 Å². The van der Waals surface area contributed by atoms with Gasteiger partial charge in [0, 0.05) is 0 Å². The summed E-state index contributed by atoms with van der Waals surface area (Å²) in [5.74, 6) is -2.00. The van der Waals surface area contributed by atoms with Crippen molar-refractivity contribution in [1.29, 1.82) is 0 Å². The molecule has 1 rings (SSSR count). The monoisotopic (exact) mass is 304 g/mol. The van der Waals surface area contributed by atoms with E-state index in [4.69, 9.17) is 0 Å². The van der Waals surface area contributed by atoms with Gasteiger partial charge in [0.2, 0.25) is 15.6 Å². The summed E-state index contributed by atoms with van der Waals surface area (Å²) in [4.78, 5) is 11.0. The van der Waals surface area contributed by atoms with E-state index in [9.17, 15) is 18.3 Å². The predicted molar refractivity (Wildman–Crippen MR) is 75.3 cm³/mol. The molecule has 0 fully saturated rings. The van der Waals surface area contributed by atoms with Gasteiger partial charge in [-0.3, -0.25) is 0 Å². The standard InChI is InChI=1S/C11H12O5S.2Na.2H/c1-2-16-11(13)10(12)8-17(14,15)9-6-4-3-5-7-9;;;;/h3-8,12H,2H2,1H3;;;;/b10-8+;;;;. The Hall–Kier alpha value is 0.180. The number of carbonyl (C=O) groups is 1. The summed E-state index contributed by atoms with van der Waals surface area (Å²) in [7, 11) is -3.84. The average Bonchev–Trinajstić information content (AvgIpc) is 2.30. The molecule has 8 heteroatoms. The molecular formula is C11H14Na2O5S. The van der Waals surface area contributed by atoms with E-state index in [1.54, 1.807) is 25.1 Å². The van der Waals surface area contributed by atoms with Crippen LogP contribution in [0.15, 0.2) is 46.4 Å². The van der Waals surface area contributed by atoms with Gasteiger partial charge >= 0.3 is 65.1 Å². The molecule has 0 aliphatic carbocycles. The number of aliphatic hydroxyl groups excluding tert-OH is 1. The van der Waals surface area contributed by atoms with E-state index in [2.05, 4.69) is 4.74 Å². The molecule has 0 amide bonds. The summed E-state index contributed by atoms with van der Waals surface area (Å²) in [6, 6.07) is 7.48. The fourth-order valence-corrected chi connectivity index (χ4v) is 2.14. The van der Waals surface area contributed by atoms with Crippen molar-refractivity contribution in [3.63, 3.8) is 0 Å². The predicted octanol–water partition coefficient (Wildman–Crippen LogP) is 0.126. The van der Waals surface area contributed by atoms with Crippen molar-refractivity contribution in [2.24, 2.45) is 0 Å². The van der Waals surface area contributed by atoms with E-state index >= 15 is 0 Å². The number of sulfone groups is 1. The van der Waals surface area contributed by atoms with Gasteiger partial charge in [0.1, 0.15) is 0 Å². The first kappa shape index (κ1) is 21.5. The van der Waals surface area contributed by atoms with Crippen LogP contribution in [-0.4, -0.2) is 85.2 Å². The average molecular weight is 304 g/mol. The van der Waals surface area contributed by atoms with Crippen LogP contribution in [0.4, 0.5) is 0 Å². The topological polar surface area (TPSA) is 80.7 Å². The summed E-state index contributed by atoms with van der Waals surface area (Å²) < 4.78 is 27.9. The van der Waals surface area contributed by atoms with Crippen LogP contribution in [0.3, 0.4) is 0 Å². The Morgan fingerprint density at radius 3 is 2.26 bits per heavy atom. The Kier molecular flexibility index (Phi) is 11.3. The van der Waals surface area contributed by atoms with Crippen molar-refractivity contribution in [1.82, 2.24) is 0 Å². The first-order valence-corrected chi connectivity index (χ1v) is 6.40. The number of hydrogen-bond acceptors (Lipinski definition) is 5. The molecule has 0 radical (unpaired) electrons. The molecule has 19 heavy (non-hydrogen) atoms. The summed E-state index contributed by atoms with van der Waals surface area (Å²) in [6.45, 7) is 1.61. The molecule has 0 aliphatic heterocycles. The van der Waals surface area contributed by atoms with Gasteiger partial charge in [-0.05, 0) is 19.1 Å². The molecule has 0 spiro atoms. The SMILES string of the molecule is CCOC(=O)/C(O)=C\S(=O)(=O)c1ccccc1.[NaH].[NaH]. The molecular weight excluding hydrogens is 290 g/mol. The van der Waals surface area contributed by atoms with E-state index in [0.717, 1.165) is 0 Å². The zero-order valence-corrected chi connectivity index (χ0v) is 9.98. The zero-order valence-electron chi connectivity index (χ0n) is 9.16. The molecule has 1 aromatic carbocycles. The number of hydrogen-bond donors (Lipinski definition) is 1. The molecule has 5 nitrogen and oxygen atoms in total. The molecule has 0 aliphatic rings. The van der Waals surface area contributed by atoms with E-state index in [1.807, 2.05) is 0 Å². The zero-order chi connectivity index (χ0) is 12.9. The molecule has 0 aromatic heterocycles. The van der Waals surface area contributed by atoms with Gasteiger partial charge in [-0.2, -0.15) is 0 Å². The van der Waals surface area contributed by atoms with Crippen LogP contribution in [0.25, 0.3) is 0 Å². The maximum absolute atomic E-state index is 11.7. The fourth-order valence-electron chi connectivity index (χ4n) is 1.08. The molecule has 1 aromatic rings. The van der Waals surface area contributed by atoms with Gasteiger partial charge in [0.25, 0.3) is 0 Å². The second-order valence-corrected chi connectivity index (χ2v) is 4.88. The van der Waals surface area contributed by atoms with Gasteiger partial charge in [0.15, 0.2) is 0 Å². The van der Waals surface area contributed by atoms with E-state index in [0.29, 0.717) is 5.41 Å². The Balaban J connectivity index is 0. The number of benzene rings is 1. The Morgan fingerprint density at radius 2 is 1.79 bits per heavy atom. The molecule has 0 unspecified atom stereocenters. The van der Waals surface area contributed by atoms with Crippen LogP contribution in [-0.2, 0) is 19.4 Å². The van der Waals surface area contributed by atoms with Crippen LogP contribution in [0, 0.1) is 0 Å². The molecule has 0 heterocycles. The first-order valence-electron chi connectivity index (χ1n) is 4.85. The Bertz CT molecular complexity index is 525. The van der Waals surface area contributed by atoms with Crippen LogP contribution in [0.2, 0.25) is 0 Å². The van der Waals surface area contributed by atoms with Crippen LogP contribution in [0.1, 0.15) is 6.92 Å². The quantitative estimate of drug-likeness (QED) is 0.370. The minimum atomic E-state index is -3.84. The van der Waals surface area contributed by atoms with Crippen molar-refractivity contribution in [2.75, 3.05) is 6.61 Å². The fraction of sp³-hybridized carbons (Fsp3) is 0.182. The number of aliphatic hydroxyl groups is 1. The summed E-state index contributed by atoms with van der Waals surface area (Å²) >= 11 is 0. The van der Waals surface area contributed by atoms with Crippen molar-refractivity contribution < 1.29 is 23.1 Å². The van der Waals surface area contributed by atoms with Gasteiger partial charge < -0.3 is 9.84 Å². The van der Waals surface area contributed by atoms with Gasteiger partial charge in [-0.25, -0.2) is 13.2 Å². The number of esters is 1. The summed E-state index contributed by atoms with van der Waals surface area (Å²) in [5.41, 5.74) is 0.